The number of piperazine rings is 1. The molecule has 4 rings (SSSR count). The van der Waals surface area contributed by atoms with Gasteiger partial charge in [-0.3, -0.25) is 9.69 Å². The van der Waals surface area contributed by atoms with Crippen molar-refractivity contribution in [1.29, 1.82) is 0 Å². The Morgan fingerprint density at radius 2 is 1.69 bits per heavy atom. The molecule has 1 atom stereocenters. The van der Waals surface area contributed by atoms with E-state index in [1.807, 2.05) is 35.2 Å². The third-order valence-corrected chi connectivity index (χ3v) is 7.67. The zero-order valence-electron chi connectivity index (χ0n) is 17.5. The molecule has 2 aliphatic rings. The molecule has 2 saturated heterocycles. The van der Waals surface area contributed by atoms with Crippen molar-refractivity contribution in [1.82, 2.24) is 19.4 Å². The maximum Gasteiger partial charge on any atom is 0.325 e. The molecular weight excluding hydrogens is 435 g/mol. The van der Waals surface area contributed by atoms with E-state index < -0.39 is 27.9 Å². The first-order chi connectivity index (χ1) is 15.3. The first-order valence-electron chi connectivity index (χ1n) is 10.5. The standard InChI is InChI=1S/C22H25FN4O4S/c23-18-7-4-8-19(15-18)32(30,31)26-13-11-25(12-14-26)16-27-21(28)20(24-22(27)29)10-9-17-5-2-1-3-6-17/h1-8,15,20H,9-14,16H2,(H,24,29)/t20-/m0/s1. The van der Waals surface area contributed by atoms with Gasteiger partial charge in [-0.2, -0.15) is 4.31 Å². The van der Waals surface area contributed by atoms with E-state index in [4.69, 9.17) is 0 Å². The average molecular weight is 461 g/mol. The van der Waals surface area contributed by atoms with Crippen LogP contribution in [-0.2, 0) is 21.2 Å². The van der Waals surface area contributed by atoms with Gasteiger partial charge in [0.25, 0.3) is 5.91 Å². The van der Waals surface area contributed by atoms with Crippen LogP contribution in [0.2, 0.25) is 0 Å². The molecule has 2 aliphatic heterocycles. The Balaban J connectivity index is 1.31. The lowest BCUT2D eigenvalue weighted by molar-refractivity contribution is -0.129. The Morgan fingerprint density at radius 1 is 0.969 bits per heavy atom. The van der Waals surface area contributed by atoms with E-state index in [-0.39, 0.29) is 30.6 Å². The molecule has 3 amide bonds. The Hall–Kier alpha value is -2.82. The quantitative estimate of drug-likeness (QED) is 0.635. The monoisotopic (exact) mass is 460 g/mol. The first kappa shape index (κ1) is 22.4. The zero-order valence-corrected chi connectivity index (χ0v) is 18.3. The molecule has 1 N–H and O–H groups in total. The van der Waals surface area contributed by atoms with Gasteiger partial charge in [0, 0.05) is 26.2 Å². The number of nitrogens with zero attached hydrogens (tertiary/aromatic N) is 3. The first-order valence-corrected chi connectivity index (χ1v) is 11.9. The minimum absolute atomic E-state index is 0.0821. The molecule has 2 fully saturated rings. The molecule has 0 bridgehead atoms. The van der Waals surface area contributed by atoms with Crippen molar-refractivity contribution < 1.29 is 22.4 Å². The predicted octanol–water partition coefficient (Wildman–Crippen LogP) is 1.64. The number of carbonyl (C=O) groups excluding carboxylic acids is 2. The van der Waals surface area contributed by atoms with Crippen LogP contribution in [0.3, 0.4) is 0 Å². The van der Waals surface area contributed by atoms with E-state index in [1.165, 1.54) is 27.4 Å². The fraction of sp³-hybridized carbons (Fsp3) is 0.364. The summed E-state index contributed by atoms with van der Waals surface area (Å²) in [5, 5.41) is 2.74. The summed E-state index contributed by atoms with van der Waals surface area (Å²) in [6, 6.07) is 13.7. The van der Waals surface area contributed by atoms with Crippen LogP contribution in [-0.4, -0.2) is 73.4 Å². The Kier molecular flexibility index (Phi) is 6.54. The number of hydrogen-bond donors (Lipinski definition) is 1. The van der Waals surface area contributed by atoms with Gasteiger partial charge in [-0.1, -0.05) is 36.4 Å². The molecule has 0 aliphatic carbocycles. The molecule has 2 aromatic carbocycles. The largest absolute Gasteiger partial charge is 0.326 e. The number of imide groups is 1. The number of benzene rings is 2. The fourth-order valence-corrected chi connectivity index (χ4v) is 5.40. The normalized spacial score (nSPS) is 20.5. The number of urea groups is 1. The van der Waals surface area contributed by atoms with Gasteiger partial charge in [-0.25, -0.2) is 22.5 Å². The van der Waals surface area contributed by atoms with E-state index in [1.54, 1.807) is 0 Å². The van der Waals surface area contributed by atoms with Crippen molar-refractivity contribution >= 4 is 22.0 Å². The van der Waals surface area contributed by atoms with Gasteiger partial charge in [0.05, 0.1) is 11.6 Å². The van der Waals surface area contributed by atoms with Gasteiger partial charge in [0.1, 0.15) is 11.9 Å². The van der Waals surface area contributed by atoms with Gasteiger partial charge in [-0.05, 0) is 36.6 Å². The number of hydrogen-bond acceptors (Lipinski definition) is 5. The third kappa shape index (κ3) is 4.82. The van der Waals surface area contributed by atoms with Gasteiger partial charge < -0.3 is 5.32 Å². The minimum Gasteiger partial charge on any atom is -0.326 e. The van der Waals surface area contributed by atoms with Crippen molar-refractivity contribution in [2.45, 2.75) is 23.8 Å². The molecule has 170 valence electrons. The summed E-state index contributed by atoms with van der Waals surface area (Å²) in [5.74, 6) is -0.870. The van der Waals surface area contributed by atoms with Crippen LogP contribution in [0.1, 0.15) is 12.0 Å². The van der Waals surface area contributed by atoms with Crippen molar-refractivity contribution in [3.05, 3.63) is 66.0 Å². The van der Waals surface area contributed by atoms with Crippen molar-refractivity contribution in [3.63, 3.8) is 0 Å². The molecule has 0 radical (unpaired) electrons. The highest BCUT2D eigenvalue weighted by Gasteiger charge is 2.39. The number of carbonyl (C=O) groups is 2. The summed E-state index contributed by atoms with van der Waals surface area (Å²) in [7, 11) is -3.79. The number of aryl methyl sites for hydroxylation is 1. The summed E-state index contributed by atoms with van der Waals surface area (Å²) < 4.78 is 40.2. The number of amides is 3. The lowest BCUT2D eigenvalue weighted by atomic mass is 10.1. The molecule has 10 heteroatoms. The summed E-state index contributed by atoms with van der Waals surface area (Å²) >= 11 is 0. The Bertz CT molecular complexity index is 1090. The van der Waals surface area contributed by atoms with Gasteiger partial charge in [0.2, 0.25) is 10.0 Å². The van der Waals surface area contributed by atoms with Gasteiger partial charge >= 0.3 is 6.03 Å². The molecule has 2 heterocycles. The van der Waals surface area contributed by atoms with Gasteiger partial charge in [-0.15, -0.1) is 0 Å². The third-order valence-electron chi connectivity index (χ3n) is 5.78. The van der Waals surface area contributed by atoms with Crippen LogP contribution in [0.5, 0.6) is 0 Å². The summed E-state index contributed by atoms with van der Waals surface area (Å²) in [5.41, 5.74) is 1.10. The summed E-state index contributed by atoms with van der Waals surface area (Å²) in [4.78, 5) is 28.0. The molecule has 32 heavy (non-hydrogen) atoms. The molecule has 0 spiro atoms. The molecule has 0 saturated carbocycles. The Morgan fingerprint density at radius 3 is 2.38 bits per heavy atom. The Labute approximate surface area is 186 Å². The molecule has 0 unspecified atom stereocenters. The van der Waals surface area contributed by atoms with E-state index in [9.17, 15) is 22.4 Å². The lowest BCUT2D eigenvalue weighted by Gasteiger charge is -2.35. The van der Waals surface area contributed by atoms with Crippen LogP contribution in [0.25, 0.3) is 0 Å². The average Bonchev–Trinajstić information content (AvgIpc) is 3.06. The van der Waals surface area contributed by atoms with E-state index >= 15 is 0 Å². The number of rotatable bonds is 7. The molecule has 8 nitrogen and oxygen atoms in total. The number of sulfonamides is 1. The molecule has 2 aromatic rings. The minimum atomic E-state index is -3.79. The van der Waals surface area contributed by atoms with Crippen LogP contribution in [0, 0.1) is 5.82 Å². The topological polar surface area (TPSA) is 90.0 Å². The zero-order chi connectivity index (χ0) is 22.7. The second-order valence-electron chi connectivity index (χ2n) is 7.91. The number of nitrogens with one attached hydrogen (secondary N) is 1. The number of halogens is 1. The van der Waals surface area contributed by atoms with Crippen molar-refractivity contribution in [3.8, 4) is 0 Å². The smallest absolute Gasteiger partial charge is 0.325 e. The summed E-state index contributed by atoms with van der Waals surface area (Å²) in [6.07, 6.45) is 1.20. The lowest BCUT2D eigenvalue weighted by Crippen LogP contribution is -2.52. The maximum absolute atomic E-state index is 13.4. The molecule has 0 aromatic heterocycles. The predicted molar refractivity (Wildman–Crippen MR) is 116 cm³/mol. The van der Waals surface area contributed by atoms with Gasteiger partial charge in [0.15, 0.2) is 0 Å². The summed E-state index contributed by atoms with van der Waals surface area (Å²) in [6.45, 7) is 1.22. The van der Waals surface area contributed by atoms with E-state index in [0.717, 1.165) is 11.6 Å². The molecular formula is C22H25FN4O4S. The highest BCUT2D eigenvalue weighted by molar-refractivity contribution is 7.89. The second-order valence-corrected chi connectivity index (χ2v) is 9.85. The fourth-order valence-electron chi connectivity index (χ4n) is 3.95. The SMILES string of the molecule is O=C1N[C@@H](CCc2ccccc2)C(=O)N1CN1CCN(S(=O)(=O)c2cccc(F)c2)CC1. The second kappa shape index (κ2) is 9.35. The van der Waals surface area contributed by atoms with Crippen LogP contribution >= 0.6 is 0 Å². The maximum atomic E-state index is 13.4. The van der Waals surface area contributed by atoms with Crippen LogP contribution in [0.4, 0.5) is 9.18 Å². The highest BCUT2D eigenvalue weighted by Crippen LogP contribution is 2.19. The van der Waals surface area contributed by atoms with Crippen LogP contribution < -0.4 is 5.32 Å². The van der Waals surface area contributed by atoms with E-state index in [0.29, 0.717) is 25.9 Å². The van der Waals surface area contributed by atoms with E-state index in [2.05, 4.69) is 5.32 Å². The van der Waals surface area contributed by atoms with Crippen molar-refractivity contribution in [2.24, 2.45) is 0 Å². The van der Waals surface area contributed by atoms with Crippen molar-refractivity contribution in [2.75, 3.05) is 32.8 Å². The highest BCUT2D eigenvalue weighted by atomic mass is 32.2. The van der Waals surface area contributed by atoms with Crippen LogP contribution in [0.15, 0.2) is 59.5 Å².